The average molecular weight is 151 g/mol. The molecular formula is C8H13N3. The Balaban J connectivity index is 2.46. The fourth-order valence-electron chi connectivity index (χ4n) is 1.35. The van der Waals surface area contributed by atoms with E-state index < -0.39 is 0 Å². The lowest BCUT2D eigenvalue weighted by Gasteiger charge is -1.99. The van der Waals surface area contributed by atoms with Crippen LogP contribution in [0.5, 0.6) is 0 Å². The highest BCUT2D eigenvalue weighted by molar-refractivity contribution is 5.47. The number of anilines is 1. The molecule has 1 aliphatic rings. The first-order chi connectivity index (χ1) is 5.20. The van der Waals surface area contributed by atoms with Crippen molar-refractivity contribution in [3.8, 4) is 0 Å². The van der Waals surface area contributed by atoms with Crippen molar-refractivity contribution in [3.05, 3.63) is 11.4 Å². The molecule has 3 heteroatoms. The molecule has 0 radical (unpaired) electrons. The first kappa shape index (κ1) is 6.70. The zero-order valence-electron chi connectivity index (χ0n) is 6.96. The molecule has 2 N–H and O–H groups in total. The van der Waals surface area contributed by atoms with E-state index in [-0.39, 0.29) is 0 Å². The highest BCUT2D eigenvalue weighted by atomic mass is 15.3. The van der Waals surface area contributed by atoms with Crippen LogP contribution in [0.3, 0.4) is 0 Å². The van der Waals surface area contributed by atoms with Crippen molar-refractivity contribution in [3.63, 3.8) is 0 Å². The molecule has 11 heavy (non-hydrogen) atoms. The molecule has 0 amide bonds. The Morgan fingerprint density at radius 2 is 2.09 bits per heavy atom. The van der Waals surface area contributed by atoms with Crippen LogP contribution in [-0.2, 0) is 0 Å². The van der Waals surface area contributed by atoms with Gasteiger partial charge in [0.1, 0.15) is 0 Å². The topological polar surface area (TPSA) is 43.8 Å². The molecule has 0 saturated heterocycles. The highest BCUT2D eigenvalue weighted by Crippen LogP contribution is 2.36. The summed E-state index contributed by atoms with van der Waals surface area (Å²) in [7, 11) is 0. The molecule has 1 aromatic heterocycles. The van der Waals surface area contributed by atoms with E-state index in [4.69, 9.17) is 5.73 Å². The highest BCUT2D eigenvalue weighted by Gasteiger charge is 2.26. The monoisotopic (exact) mass is 151 g/mol. The summed E-state index contributed by atoms with van der Waals surface area (Å²) < 4.78 is 2.06. The molecule has 0 atom stereocenters. The Bertz CT molecular complexity index is 284. The second-order valence-electron chi connectivity index (χ2n) is 3.26. The maximum atomic E-state index is 5.78. The normalized spacial score (nSPS) is 17.3. The minimum Gasteiger partial charge on any atom is -0.396 e. The van der Waals surface area contributed by atoms with E-state index in [1.807, 2.05) is 13.8 Å². The quantitative estimate of drug-likeness (QED) is 0.659. The number of rotatable bonds is 1. The van der Waals surface area contributed by atoms with Crippen LogP contribution in [0.2, 0.25) is 0 Å². The number of hydrogen-bond acceptors (Lipinski definition) is 2. The summed E-state index contributed by atoms with van der Waals surface area (Å²) >= 11 is 0. The molecule has 0 aromatic carbocycles. The van der Waals surface area contributed by atoms with E-state index in [1.165, 1.54) is 12.8 Å². The van der Waals surface area contributed by atoms with Crippen LogP contribution >= 0.6 is 0 Å². The van der Waals surface area contributed by atoms with Crippen molar-refractivity contribution in [1.82, 2.24) is 9.78 Å². The van der Waals surface area contributed by atoms with Crippen LogP contribution in [-0.4, -0.2) is 9.78 Å². The van der Waals surface area contributed by atoms with E-state index in [2.05, 4.69) is 9.78 Å². The molecule has 3 nitrogen and oxygen atoms in total. The zero-order valence-corrected chi connectivity index (χ0v) is 6.96. The van der Waals surface area contributed by atoms with Crippen molar-refractivity contribution in [2.45, 2.75) is 32.7 Å². The molecular weight excluding hydrogens is 138 g/mol. The number of hydrogen-bond donors (Lipinski definition) is 1. The smallest absolute Gasteiger partial charge is 0.0826 e. The van der Waals surface area contributed by atoms with Crippen LogP contribution in [0, 0.1) is 13.8 Å². The van der Waals surface area contributed by atoms with Gasteiger partial charge in [0.25, 0.3) is 0 Å². The van der Waals surface area contributed by atoms with Crippen molar-refractivity contribution < 1.29 is 0 Å². The van der Waals surface area contributed by atoms with Gasteiger partial charge in [0, 0.05) is 0 Å². The second-order valence-corrected chi connectivity index (χ2v) is 3.26. The number of aromatic nitrogens is 2. The van der Waals surface area contributed by atoms with E-state index >= 15 is 0 Å². The summed E-state index contributed by atoms with van der Waals surface area (Å²) in [4.78, 5) is 0. The number of nitrogen functional groups attached to an aromatic ring is 1. The van der Waals surface area contributed by atoms with Crippen LogP contribution < -0.4 is 5.73 Å². The molecule has 0 spiro atoms. The maximum absolute atomic E-state index is 5.78. The van der Waals surface area contributed by atoms with Crippen LogP contribution in [0.1, 0.15) is 30.3 Å². The maximum Gasteiger partial charge on any atom is 0.0826 e. The Kier molecular flexibility index (Phi) is 1.22. The van der Waals surface area contributed by atoms with Gasteiger partial charge in [0.05, 0.1) is 23.1 Å². The third kappa shape index (κ3) is 0.914. The standard InChI is InChI=1S/C8H13N3/c1-5-8(9)6(2)11(10-5)7-3-4-7/h7H,3-4,9H2,1-2H3. The molecule has 60 valence electrons. The van der Waals surface area contributed by atoms with Gasteiger partial charge in [0.15, 0.2) is 0 Å². The summed E-state index contributed by atoms with van der Waals surface area (Å²) in [5.41, 5.74) is 8.74. The van der Waals surface area contributed by atoms with Gasteiger partial charge in [0.2, 0.25) is 0 Å². The predicted molar refractivity (Wildman–Crippen MR) is 44.4 cm³/mol. The van der Waals surface area contributed by atoms with E-state index in [9.17, 15) is 0 Å². The molecule has 1 aromatic rings. The largest absolute Gasteiger partial charge is 0.396 e. The zero-order chi connectivity index (χ0) is 8.01. The van der Waals surface area contributed by atoms with Gasteiger partial charge < -0.3 is 5.73 Å². The third-order valence-corrected chi connectivity index (χ3v) is 2.27. The minimum atomic E-state index is 0.644. The number of nitrogens with two attached hydrogens (primary N) is 1. The van der Waals surface area contributed by atoms with Crippen molar-refractivity contribution >= 4 is 5.69 Å². The Hall–Kier alpha value is -0.990. The number of nitrogens with zero attached hydrogens (tertiary/aromatic N) is 2. The second kappa shape index (κ2) is 2.00. The molecule has 0 unspecified atom stereocenters. The Morgan fingerprint density at radius 1 is 1.45 bits per heavy atom. The average Bonchev–Trinajstić information content (AvgIpc) is 2.76. The van der Waals surface area contributed by atoms with E-state index in [1.54, 1.807) is 0 Å². The molecule has 1 heterocycles. The lowest BCUT2D eigenvalue weighted by molar-refractivity contribution is 0.617. The summed E-state index contributed by atoms with van der Waals surface area (Å²) in [6.07, 6.45) is 2.53. The summed E-state index contributed by atoms with van der Waals surface area (Å²) in [6.45, 7) is 3.99. The summed E-state index contributed by atoms with van der Waals surface area (Å²) in [5, 5.41) is 4.36. The number of aryl methyl sites for hydroxylation is 1. The van der Waals surface area contributed by atoms with E-state index in [0.717, 1.165) is 17.1 Å². The SMILES string of the molecule is Cc1nn(C2CC2)c(C)c1N. The van der Waals surface area contributed by atoms with Gasteiger partial charge in [-0.1, -0.05) is 0 Å². The van der Waals surface area contributed by atoms with Gasteiger partial charge >= 0.3 is 0 Å². The predicted octanol–water partition coefficient (Wildman–Crippen LogP) is 1.42. The van der Waals surface area contributed by atoms with Crippen molar-refractivity contribution in [2.75, 3.05) is 5.73 Å². The van der Waals surface area contributed by atoms with Gasteiger partial charge in [-0.2, -0.15) is 5.10 Å². The Labute approximate surface area is 66.2 Å². The Morgan fingerprint density at radius 3 is 2.45 bits per heavy atom. The molecule has 1 saturated carbocycles. The van der Waals surface area contributed by atoms with E-state index in [0.29, 0.717) is 6.04 Å². The molecule has 0 bridgehead atoms. The van der Waals surface area contributed by atoms with Crippen LogP contribution in [0.15, 0.2) is 0 Å². The third-order valence-electron chi connectivity index (χ3n) is 2.27. The lowest BCUT2D eigenvalue weighted by atomic mass is 10.3. The molecule has 0 aliphatic heterocycles. The summed E-state index contributed by atoms with van der Waals surface area (Å²) in [6, 6.07) is 0.644. The fourth-order valence-corrected chi connectivity index (χ4v) is 1.35. The first-order valence-corrected chi connectivity index (χ1v) is 4.01. The van der Waals surface area contributed by atoms with Crippen LogP contribution in [0.25, 0.3) is 0 Å². The lowest BCUT2D eigenvalue weighted by Crippen LogP contribution is -1.99. The van der Waals surface area contributed by atoms with Gasteiger partial charge in [-0.3, -0.25) is 4.68 Å². The molecule has 2 rings (SSSR count). The molecule has 1 fully saturated rings. The van der Waals surface area contributed by atoms with Gasteiger partial charge in [-0.15, -0.1) is 0 Å². The van der Waals surface area contributed by atoms with Crippen LogP contribution in [0.4, 0.5) is 5.69 Å². The van der Waals surface area contributed by atoms with Crippen molar-refractivity contribution in [1.29, 1.82) is 0 Å². The minimum absolute atomic E-state index is 0.644. The summed E-state index contributed by atoms with van der Waals surface area (Å²) in [5.74, 6) is 0. The fraction of sp³-hybridized carbons (Fsp3) is 0.625. The van der Waals surface area contributed by atoms with Gasteiger partial charge in [-0.25, -0.2) is 0 Å². The first-order valence-electron chi connectivity index (χ1n) is 4.01. The molecule has 1 aliphatic carbocycles. The van der Waals surface area contributed by atoms with Crippen molar-refractivity contribution in [2.24, 2.45) is 0 Å². The van der Waals surface area contributed by atoms with Gasteiger partial charge in [-0.05, 0) is 26.7 Å².